The Morgan fingerprint density at radius 1 is 1.22 bits per heavy atom. The van der Waals surface area contributed by atoms with Crippen LogP contribution in [-0.2, 0) is 0 Å². The Labute approximate surface area is 106 Å². The van der Waals surface area contributed by atoms with Crippen molar-refractivity contribution in [3.8, 4) is 11.5 Å². The molecule has 3 N–H and O–H groups in total. The molecule has 0 bridgehead atoms. The van der Waals surface area contributed by atoms with Gasteiger partial charge in [0, 0.05) is 5.56 Å². The number of aryl methyl sites for hydroxylation is 1. The molecule has 0 aliphatic carbocycles. The van der Waals surface area contributed by atoms with E-state index in [1.165, 1.54) is 30.4 Å². The van der Waals surface area contributed by atoms with E-state index < -0.39 is 0 Å². The lowest BCUT2D eigenvalue weighted by atomic mass is 10.0. The van der Waals surface area contributed by atoms with E-state index in [2.05, 4.69) is 0 Å². The van der Waals surface area contributed by atoms with Crippen LogP contribution in [-0.4, -0.2) is 27.7 Å². The summed E-state index contributed by atoms with van der Waals surface area (Å²) in [5.41, 5.74) is 0.974. The molecule has 0 saturated carbocycles. The van der Waals surface area contributed by atoms with Crippen molar-refractivity contribution < 1.29 is 20.1 Å². The summed E-state index contributed by atoms with van der Waals surface area (Å²) in [7, 11) is 0. The van der Waals surface area contributed by atoms with Gasteiger partial charge < -0.3 is 15.3 Å². The van der Waals surface area contributed by atoms with Crippen LogP contribution in [0.5, 0.6) is 11.5 Å². The second kappa shape index (κ2) is 6.02. The van der Waals surface area contributed by atoms with Crippen LogP contribution in [0.15, 0.2) is 30.4 Å². The zero-order valence-corrected chi connectivity index (χ0v) is 10.3. The van der Waals surface area contributed by atoms with E-state index in [0.717, 1.165) is 0 Å². The molecular formula is C14H16O4. The van der Waals surface area contributed by atoms with E-state index in [0.29, 0.717) is 5.56 Å². The highest BCUT2D eigenvalue weighted by molar-refractivity contribution is 6.07. The van der Waals surface area contributed by atoms with Gasteiger partial charge in [-0.3, -0.25) is 4.79 Å². The van der Waals surface area contributed by atoms with Crippen molar-refractivity contribution in [1.29, 1.82) is 0 Å². The lowest BCUT2D eigenvalue weighted by Crippen LogP contribution is -1.98. The maximum atomic E-state index is 11.8. The van der Waals surface area contributed by atoms with Gasteiger partial charge in [-0.15, -0.1) is 0 Å². The average Bonchev–Trinajstić information content (AvgIpc) is 2.36. The number of carbonyl (C=O) groups excluding carboxylic acids is 1. The molecule has 0 fully saturated rings. The Hall–Kier alpha value is -2.07. The van der Waals surface area contributed by atoms with E-state index in [4.69, 9.17) is 5.11 Å². The van der Waals surface area contributed by atoms with Crippen LogP contribution in [0.1, 0.15) is 21.5 Å². The zero-order valence-electron chi connectivity index (χ0n) is 10.3. The average molecular weight is 248 g/mol. The third-order valence-corrected chi connectivity index (χ3v) is 2.57. The minimum absolute atomic E-state index is 0.00629. The second-order valence-corrected chi connectivity index (χ2v) is 3.90. The summed E-state index contributed by atoms with van der Waals surface area (Å²) >= 11 is 0. The van der Waals surface area contributed by atoms with Gasteiger partial charge in [0.25, 0.3) is 0 Å². The van der Waals surface area contributed by atoms with Crippen LogP contribution in [0.3, 0.4) is 0 Å². The Bertz CT molecular complexity index is 513. The fourth-order valence-corrected chi connectivity index (χ4v) is 1.52. The Kier molecular flexibility index (Phi) is 4.68. The molecule has 0 amide bonds. The molecule has 1 rings (SSSR count). The van der Waals surface area contributed by atoms with Gasteiger partial charge in [-0.2, -0.15) is 0 Å². The third-order valence-electron chi connectivity index (χ3n) is 2.57. The molecule has 0 aliphatic rings. The van der Waals surface area contributed by atoms with Crippen molar-refractivity contribution >= 4 is 5.78 Å². The quantitative estimate of drug-likeness (QED) is 0.432. The summed E-state index contributed by atoms with van der Waals surface area (Å²) in [5, 5.41) is 27.9. The number of rotatable bonds is 4. The van der Waals surface area contributed by atoms with E-state index in [-0.39, 0.29) is 35.0 Å². The van der Waals surface area contributed by atoms with Gasteiger partial charge in [0.05, 0.1) is 12.2 Å². The monoisotopic (exact) mass is 248 g/mol. The molecule has 0 radical (unpaired) electrons. The SMILES string of the molecule is Cc1cc(C(=O)C=CC=CCO)c(O)c(C)c1O. The zero-order chi connectivity index (χ0) is 13.7. The first-order valence-electron chi connectivity index (χ1n) is 5.49. The number of ketones is 1. The van der Waals surface area contributed by atoms with E-state index in [9.17, 15) is 15.0 Å². The van der Waals surface area contributed by atoms with Crippen molar-refractivity contribution in [2.24, 2.45) is 0 Å². The van der Waals surface area contributed by atoms with Gasteiger partial charge in [-0.25, -0.2) is 0 Å². The molecule has 0 heterocycles. The molecule has 18 heavy (non-hydrogen) atoms. The van der Waals surface area contributed by atoms with Gasteiger partial charge in [0.1, 0.15) is 11.5 Å². The van der Waals surface area contributed by atoms with Crippen LogP contribution in [0, 0.1) is 13.8 Å². The normalized spacial score (nSPS) is 11.5. The smallest absolute Gasteiger partial charge is 0.189 e. The third kappa shape index (κ3) is 2.99. The summed E-state index contributed by atoms with van der Waals surface area (Å²) < 4.78 is 0. The number of phenolic OH excluding ortho intramolecular Hbond substituents is 2. The first-order chi connectivity index (χ1) is 8.49. The summed E-state index contributed by atoms with van der Waals surface area (Å²) in [4.78, 5) is 11.8. The van der Waals surface area contributed by atoms with Crippen molar-refractivity contribution in [3.63, 3.8) is 0 Å². The summed E-state index contributed by atoms with van der Waals surface area (Å²) in [5.74, 6) is -0.576. The fourth-order valence-electron chi connectivity index (χ4n) is 1.52. The van der Waals surface area contributed by atoms with Crippen LogP contribution in [0.25, 0.3) is 0 Å². The van der Waals surface area contributed by atoms with Crippen molar-refractivity contribution in [2.75, 3.05) is 6.61 Å². The highest BCUT2D eigenvalue weighted by atomic mass is 16.3. The van der Waals surface area contributed by atoms with Gasteiger partial charge in [0.2, 0.25) is 0 Å². The summed E-state index contributed by atoms with van der Waals surface area (Å²) in [6, 6.07) is 1.44. The highest BCUT2D eigenvalue weighted by Crippen LogP contribution is 2.33. The molecule has 4 nitrogen and oxygen atoms in total. The summed E-state index contributed by atoms with van der Waals surface area (Å²) in [6.45, 7) is 3.11. The Morgan fingerprint density at radius 2 is 1.89 bits per heavy atom. The molecule has 96 valence electrons. The molecule has 0 spiro atoms. The number of hydrogen-bond acceptors (Lipinski definition) is 4. The number of aliphatic hydroxyl groups excluding tert-OH is 1. The van der Waals surface area contributed by atoms with Crippen LogP contribution >= 0.6 is 0 Å². The maximum absolute atomic E-state index is 11.8. The molecule has 0 atom stereocenters. The van der Waals surface area contributed by atoms with Crippen molar-refractivity contribution in [2.45, 2.75) is 13.8 Å². The first-order valence-corrected chi connectivity index (χ1v) is 5.49. The number of benzene rings is 1. The van der Waals surface area contributed by atoms with E-state index >= 15 is 0 Å². The van der Waals surface area contributed by atoms with Gasteiger partial charge in [0.15, 0.2) is 5.78 Å². The summed E-state index contributed by atoms with van der Waals surface area (Å²) in [6.07, 6.45) is 5.79. The maximum Gasteiger partial charge on any atom is 0.189 e. The number of allylic oxidation sites excluding steroid dienone is 3. The molecule has 1 aromatic rings. The van der Waals surface area contributed by atoms with E-state index in [1.54, 1.807) is 13.8 Å². The van der Waals surface area contributed by atoms with Gasteiger partial charge in [-0.1, -0.05) is 18.2 Å². The van der Waals surface area contributed by atoms with Gasteiger partial charge in [-0.05, 0) is 31.6 Å². The largest absolute Gasteiger partial charge is 0.507 e. The molecular weight excluding hydrogens is 232 g/mol. The molecule has 4 heteroatoms. The first kappa shape index (κ1) is 14.0. The Balaban J connectivity index is 3.07. The minimum atomic E-state index is -0.360. The molecule has 0 aliphatic heterocycles. The molecule has 1 aromatic carbocycles. The van der Waals surface area contributed by atoms with Crippen molar-refractivity contribution in [1.82, 2.24) is 0 Å². The number of phenols is 2. The number of carbonyl (C=O) groups is 1. The number of aliphatic hydroxyl groups is 1. The molecule has 0 saturated heterocycles. The highest BCUT2D eigenvalue weighted by Gasteiger charge is 2.15. The molecule has 0 aromatic heterocycles. The van der Waals surface area contributed by atoms with Crippen LogP contribution < -0.4 is 0 Å². The predicted molar refractivity (Wildman–Crippen MR) is 68.9 cm³/mol. The van der Waals surface area contributed by atoms with Crippen LogP contribution in [0.4, 0.5) is 0 Å². The predicted octanol–water partition coefficient (Wildman–Crippen LogP) is 2.00. The van der Waals surface area contributed by atoms with Crippen molar-refractivity contribution in [3.05, 3.63) is 47.1 Å². The number of aromatic hydroxyl groups is 2. The lowest BCUT2D eigenvalue weighted by molar-refractivity contribution is 0.104. The lowest BCUT2D eigenvalue weighted by Gasteiger charge is -2.09. The number of hydrogen-bond donors (Lipinski definition) is 3. The minimum Gasteiger partial charge on any atom is -0.507 e. The van der Waals surface area contributed by atoms with Crippen LogP contribution in [0.2, 0.25) is 0 Å². The Morgan fingerprint density at radius 3 is 2.50 bits per heavy atom. The van der Waals surface area contributed by atoms with E-state index in [1.807, 2.05) is 0 Å². The standard InChI is InChI=1S/C14H16O4/c1-9-8-11(14(18)10(2)13(9)17)12(16)6-4-3-5-7-15/h3-6,8,15,17-18H,7H2,1-2H3. The fraction of sp³-hybridized carbons (Fsp3) is 0.214. The topological polar surface area (TPSA) is 77.8 Å². The molecule has 0 unspecified atom stereocenters. The van der Waals surface area contributed by atoms with Gasteiger partial charge >= 0.3 is 0 Å². The second-order valence-electron chi connectivity index (χ2n) is 3.90.